The van der Waals surface area contributed by atoms with Crippen molar-refractivity contribution in [2.24, 2.45) is 0 Å². The topological polar surface area (TPSA) is 46.5 Å². The molecule has 66 valence electrons. The standard InChI is InChI=1S/C8H10O3S/c9-12(10)7-6-11-8-4-2-1-3-5-8/h1-5H,6-7H2,(H,9,10). The molecule has 0 heterocycles. The summed E-state index contributed by atoms with van der Waals surface area (Å²) in [4.78, 5) is 0. The zero-order valence-corrected chi connectivity index (χ0v) is 7.29. The summed E-state index contributed by atoms with van der Waals surface area (Å²) in [6.07, 6.45) is 0. The van der Waals surface area contributed by atoms with E-state index in [-0.39, 0.29) is 12.4 Å². The van der Waals surface area contributed by atoms with Crippen molar-refractivity contribution < 1.29 is 13.5 Å². The Kier molecular flexibility index (Phi) is 3.76. The molecule has 1 N–H and O–H groups in total. The Hall–Kier alpha value is -0.870. The van der Waals surface area contributed by atoms with Crippen LogP contribution in [0.3, 0.4) is 0 Å². The smallest absolute Gasteiger partial charge is 0.156 e. The second-order valence-electron chi connectivity index (χ2n) is 2.19. The lowest BCUT2D eigenvalue weighted by Crippen LogP contribution is -2.06. The van der Waals surface area contributed by atoms with Crippen LogP contribution in [0.1, 0.15) is 0 Å². The summed E-state index contributed by atoms with van der Waals surface area (Å²) in [6.45, 7) is 0.271. The molecule has 0 aliphatic carbocycles. The summed E-state index contributed by atoms with van der Waals surface area (Å²) in [7, 11) is 0. The molecule has 1 atom stereocenters. The number of benzene rings is 1. The normalized spacial score (nSPS) is 12.4. The minimum absolute atomic E-state index is 0.148. The van der Waals surface area contributed by atoms with E-state index in [4.69, 9.17) is 9.29 Å². The highest BCUT2D eigenvalue weighted by Crippen LogP contribution is 2.07. The maximum absolute atomic E-state index is 10.2. The van der Waals surface area contributed by atoms with E-state index in [1.165, 1.54) is 0 Å². The summed E-state index contributed by atoms with van der Waals surface area (Å²) < 4.78 is 23.8. The number of para-hydroxylation sites is 1. The lowest BCUT2D eigenvalue weighted by atomic mass is 10.3. The van der Waals surface area contributed by atoms with Crippen LogP contribution in [0.25, 0.3) is 0 Å². The molecule has 12 heavy (non-hydrogen) atoms. The van der Waals surface area contributed by atoms with Gasteiger partial charge < -0.3 is 9.29 Å². The molecule has 1 aromatic rings. The Labute approximate surface area is 73.7 Å². The average Bonchev–Trinajstić information content (AvgIpc) is 2.05. The van der Waals surface area contributed by atoms with Crippen LogP contribution >= 0.6 is 0 Å². The van der Waals surface area contributed by atoms with Gasteiger partial charge in [-0.05, 0) is 12.1 Å². The van der Waals surface area contributed by atoms with E-state index in [0.717, 1.165) is 5.75 Å². The van der Waals surface area contributed by atoms with E-state index in [2.05, 4.69) is 0 Å². The highest BCUT2D eigenvalue weighted by atomic mass is 32.2. The third-order valence-electron chi connectivity index (χ3n) is 1.27. The Bertz CT molecular complexity index is 248. The maximum Gasteiger partial charge on any atom is 0.156 e. The summed E-state index contributed by atoms with van der Waals surface area (Å²) in [5, 5.41) is 0. The van der Waals surface area contributed by atoms with Crippen molar-refractivity contribution in [1.82, 2.24) is 0 Å². The number of rotatable bonds is 4. The van der Waals surface area contributed by atoms with Crippen LogP contribution in [0.15, 0.2) is 30.3 Å². The van der Waals surface area contributed by atoms with Gasteiger partial charge in [0.15, 0.2) is 11.1 Å². The molecule has 0 spiro atoms. The molecule has 0 aliphatic rings. The van der Waals surface area contributed by atoms with Crippen LogP contribution in [0.5, 0.6) is 5.75 Å². The van der Waals surface area contributed by atoms with Crippen molar-refractivity contribution in [3.8, 4) is 5.75 Å². The molecule has 0 bridgehead atoms. The van der Waals surface area contributed by atoms with Gasteiger partial charge in [0.25, 0.3) is 0 Å². The zero-order chi connectivity index (χ0) is 8.81. The fourth-order valence-corrected chi connectivity index (χ4v) is 0.973. The number of hydrogen-bond acceptors (Lipinski definition) is 2. The predicted molar refractivity (Wildman–Crippen MR) is 47.6 cm³/mol. The van der Waals surface area contributed by atoms with E-state index in [1.54, 1.807) is 12.1 Å². The van der Waals surface area contributed by atoms with Gasteiger partial charge in [-0.25, -0.2) is 4.21 Å². The van der Waals surface area contributed by atoms with Crippen molar-refractivity contribution in [1.29, 1.82) is 0 Å². The van der Waals surface area contributed by atoms with Gasteiger partial charge in [-0.15, -0.1) is 0 Å². The summed E-state index contributed by atoms with van der Waals surface area (Å²) >= 11 is -1.76. The molecule has 0 amide bonds. The van der Waals surface area contributed by atoms with Gasteiger partial charge in [0.05, 0.1) is 5.75 Å². The molecule has 4 heteroatoms. The first-order valence-electron chi connectivity index (χ1n) is 3.54. The minimum atomic E-state index is -1.76. The maximum atomic E-state index is 10.2. The molecule has 0 fully saturated rings. The van der Waals surface area contributed by atoms with Gasteiger partial charge in [0, 0.05) is 0 Å². The second-order valence-corrected chi connectivity index (χ2v) is 3.24. The largest absolute Gasteiger partial charge is 0.493 e. The van der Waals surface area contributed by atoms with E-state index >= 15 is 0 Å². The molecule has 1 rings (SSSR count). The quantitative estimate of drug-likeness (QED) is 0.721. The second kappa shape index (κ2) is 4.90. The monoisotopic (exact) mass is 186 g/mol. The fourth-order valence-electron chi connectivity index (χ4n) is 0.748. The minimum Gasteiger partial charge on any atom is -0.493 e. The first-order chi connectivity index (χ1) is 5.79. The summed E-state index contributed by atoms with van der Waals surface area (Å²) in [6, 6.07) is 9.20. The van der Waals surface area contributed by atoms with Crippen LogP contribution in [0.4, 0.5) is 0 Å². The Morgan fingerprint density at radius 1 is 1.33 bits per heavy atom. The lowest BCUT2D eigenvalue weighted by molar-refractivity contribution is 0.340. The molecule has 0 saturated heterocycles. The third-order valence-corrected chi connectivity index (χ3v) is 1.79. The van der Waals surface area contributed by atoms with Crippen molar-refractivity contribution in [3.63, 3.8) is 0 Å². The van der Waals surface area contributed by atoms with Crippen LogP contribution < -0.4 is 4.74 Å². The molecule has 1 aromatic carbocycles. The van der Waals surface area contributed by atoms with Gasteiger partial charge in [-0.3, -0.25) is 0 Å². The van der Waals surface area contributed by atoms with Crippen LogP contribution in [0, 0.1) is 0 Å². The Balaban J connectivity index is 2.29. The zero-order valence-electron chi connectivity index (χ0n) is 6.47. The lowest BCUT2D eigenvalue weighted by Gasteiger charge is -2.02. The fraction of sp³-hybridized carbons (Fsp3) is 0.250. The summed E-state index contributed by atoms with van der Waals surface area (Å²) in [5.74, 6) is 0.873. The predicted octanol–water partition coefficient (Wildman–Crippen LogP) is 1.29. The van der Waals surface area contributed by atoms with Crippen molar-refractivity contribution >= 4 is 11.1 Å². The molecular weight excluding hydrogens is 176 g/mol. The van der Waals surface area contributed by atoms with Crippen molar-refractivity contribution in [3.05, 3.63) is 30.3 Å². The van der Waals surface area contributed by atoms with Gasteiger partial charge in [0.1, 0.15) is 12.4 Å². The van der Waals surface area contributed by atoms with Crippen LogP contribution in [-0.4, -0.2) is 21.1 Å². The first kappa shape index (κ1) is 9.22. The Morgan fingerprint density at radius 2 is 2.00 bits per heavy atom. The van der Waals surface area contributed by atoms with E-state index < -0.39 is 11.1 Å². The molecule has 0 saturated carbocycles. The highest BCUT2D eigenvalue weighted by molar-refractivity contribution is 7.79. The molecule has 0 aromatic heterocycles. The van der Waals surface area contributed by atoms with E-state index in [0.29, 0.717) is 0 Å². The molecule has 0 radical (unpaired) electrons. The van der Waals surface area contributed by atoms with Crippen LogP contribution in [-0.2, 0) is 11.1 Å². The molecule has 0 aliphatic heterocycles. The van der Waals surface area contributed by atoms with Crippen LogP contribution in [0.2, 0.25) is 0 Å². The number of ether oxygens (including phenoxy) is 1. The molecular formula is C8H10O3S. The summed E-state index contributed by atoms with van der Waals surface area (Å²) in [5.41, 5.74) is 0. The molecule has 3 nitrogen and oxygen atoms in total. The van der Waals surface area contributed by atoms with Crippen molar-refractivity contribution in [2.45, 2.75) is 0 Å². The highest BCUT2D eigenvalue weighted by Gasteiger charge is 1.94. The van der Waals surface area contributed by atoms with Gasteiger partial charge in [-0.2, -0.15) is 0 Å². The Morgan fingerprint density at radius 3 is 2.58 bits per heavy atom. The first-order valence-corrected chi connectivity index (χ1v) is 4.82. The van der Waals surface area contributed by atoms with Gasteiger partial charge >= 0.3 is 0 Å². The van der Waals surface area contributed by atoms with E-state index in [1.807, 2.05) is 18.2 Å². The third kappa shape index (κ3) is 3.50. The SMILES string of the molecule is O=S(O)CCOc1ccccc1. The number of hydrogen-bond donors (Lipinski definition) is 1. The van der Waals surface area contributed by atoms with Crippen molar-refractivity contribution in [2.75, 3.05) is 12.4 Å². The molecule has 1 unspecified atom stereocenters. The average molecular weight is 186 g/mol. The van der Waals surface area contributed by atoms with Gasteiger partial charge in [0.2, 0.25) is 0 Å². The van der Waals surface area contributed by atoms with E-state index in [9.17, 15) is 4.21 Å². The van der Waals surface area contributed by atoms with Gasteiger partial charge in [-0.1, -0.05) is 18.2 Å².